The molecule has 2 aromatic heterocycles. The van der Waals surface area contributed by atoms with Gasteiger partial charge in [-0.25, -0.2) is 19.3 Å². The summed E-state index contributed by atoms with van der Waals surface area (Å²) in [7, 11) is 0. The van der Waals surface area contributed by atoms with Gasteiger partial charge >= 0.3 is 12.4 Å². The summed E-state index contributed by atoms with van der Waals surface area (Å²) < 4.78 is 89.6. The van der Waals surface area contributed by atoms with E-state index in [2.05, 4.69) is 20.3 Å². The third-order valence-electron chi connectivity index (χ3n) is 3.04. The summed E-state index contributed by atoms with van der Waals surface area (Å²) in [6.45, 7) is 0. The van der Waals surface area contributed by atoms with Crippen molar-refractivity contribution in [3.63, 3.8) is 0 Å². The largest absolute Gasteiger partial charge is 0.449 e. The topological polar surface area (TPSA) is 66.5 Å². The number of imidazole rings is 1. The number of rotatable bonds is 2. The maximum Gasteiger partial charge on any atom is 0.449 e. The van der Waals surface area contributed by atoms with Crippen LogP contribution in [0, 0.1) is 5.82 Å². The van der Waals surface area contributed by atoms with Crippen LogP contribution in [0.1, 0.15) is 11.4 Å². The lowest BCUT2D eigenvalue weighted by Gasteiger charge is -2.12. The molecule has 0 amide bonds. The van der Waals surface area contributed by atoms with Gasteiger partial charge in [0, 0.05) is 0 Å². The fourth-order valence-corrected chi connectivity index (χ4v) is 1.97. The lowest BCUT2D eigenvalue weighted by molar-refractivity contribution is -0.144. The molecule has 0 atom stereocenters. The third kappa shape index (κ3) is 3.32. The molecule has 5 nitrogen and oxygen atoms in total. The van der Waals surface area contributed by atoms with Crippen molar-refractivity contribution in [3.05, 3.63) is 41.6 Å². The van der Waals surface area contributed by atoms with Crippen LogP contribution >= 0.6 is 0 Å². The van der Waals surface area contributed by atoms with Crippen molar-refractivity contribution < 1.29 is 30.7 Å². The Morgan fingerprint density at radius 1 is 0.960 bits per heavy atom. The van der Waals surface area contributed by atoms with Crippen LogP contribution in [0.4, 0.5) is 42.2 Å². The van der Waals surface area contributed by atoms with Gasteiger partial charge in [0.15, 0.2) is 22.9 Å². The van der Waals surface area contributed by atoms with Crippen LogP contribution in [0.2, 0.25) is 0 Å². The lowest BCUT2D eigenvalue weighted by Crippen LogP contribution is -2.10. The standard InChI is InChI=1S/C13H6F7N5/c14-8-5(12(15,16)17)2-1-3-6(8)22-7-4-21-9-10(23-7)25-11(24-9)13(18,19)20/h1-4H,(H2,21,22,23,24,25). The van der Waals surface area contributed by atoms with Gasteiger partial charge in [0.25, 0.3) is 0 Å². The Morgan fingerprint density at radius 3 is 2.32 bits per heavy atom. The number of alkyl halides is 6. The van der Waals surface area contributed by atoms with Crippen molar-refractivity contribution in [1.29, 1.82) is 0 Å². The van der Waals surface area contributed by atoms with Gasteiger partial charge in [-0.15, -0.1) is 0 Å². The van der Waals surface area contributed by atoms with E-state index in [1.807, 2.05) is 4.98 Å². The number of hydrogen-bond donors (Lipinski definition) is 2. The van der Waals surface area contributed by atoms with E-state index in [0.29, 0.717) is 6.07 Å². The first kappa shape index (κ1) is 16.9. The van der Waals surface area contributed by atoms with Gasteiger partial charge in [-0.2, -0.15) is 26.3 Å². The summed E-state index contributed by atoms with van der Waals surface area (Å²) >= 11 is 0. The summed E-state index contributed by atoms with van der Waals surface area (Å²) in [4.78, 5) is 12.4. The molecule has 0 spiro atoms. The van der Waals surface area contributed by atoms with Gasteiger partial charge < -0.3 is 10.3 Å². The Balaban J connectivity index is 1.96. The second-order valence-electron chi connectivity index (χ2n) is 4.80. The summed E-state index contributed by atoms with van der Waals surface area (Å²) in [6.07, 6.45) is -8.72. The van der Waals surface area contributed by atoms with Crippen LogP contribution < -0.4 is 5.32 Å². The minimum absolute atomic E-state index is 0.272. The zero-order valence-electron chi connectivity index (χ0n) is 11.8. The van der Waals surface area contributed by atoms with Gasteiger partial charge in [-0.05, 0) is 12.1 Å². The molecule has 0 aliphatic rings. The van der Waals surface area contributed by atoms with Crippen LogP contribution in [0.5, 0.6) is 0 Å². The van der Waals surface area contributed by atoms with E-state index in [1.54, 1.807) is 0 Å². The minimum atomic E-state index is -4.90. The SMILES string of the molecule is Fc1c(Nc2cnc3[nH]c(C(F)(F)F)nc3n2)cccc1C(F)(F)F. The fraction of sp³-hybridized carbons (Fsp3) is 0.154. The van der Waals surface area contributed by atoms with E-state index in [0.717, 1.165) is 18.3 Å². The first-order valence-corrected chi connectivity index (χ1v) is 6.48. The zero-order valence-corrected chi connectivity index (χ0v) is 11.8. The number of halogens is 7. The fourth-order valence-electron chi connectivity index (χ4n) is 1.97. The summed E-state index contributed by atoms with van der Waals surface area (Å²) in [5.41, 5.74) is -2.76. The highest BCUT2D eigenvalue weighted by Crippen LogP contribution is 2.34. The molecule has 2 heterocycles. The van der Waals surface area contributed by atoms with E-state index in [9.17, 15) is 30.7 Å². The molecule has 3 aromatic rings. The molecule has 25 heavy (non-hydrogen) atoms. The molecule has 0 aliphatic carbocycles. The molecule has 0 bridgehead atoms. The Hall–Kier alpha value is -2.92. The van der Waals surface area contributed by atoms with Gasteiger partial charge in [0.1, 0.15) is 0 Å². The van der Waals surface area contributed by atoms with Crippen molar-refractivity contribution >= 4 is 22.8 Å². The molecule has 0 aliphatic heterocycles. The smallest absolute Gasteiger partial charge is 0.336 e. The number of fused-ring (bicyclic) bond motifs is 1. The number of nitrogens with one attached hydrogen (secondary N) is 2. The van der Waals surface area contributed by atoms with Crippen molar-refractivity contribution in [2.24, 2.45) is 0 Å². The monoisotopic (exact) mass is 365 g/mol. The van der Waals surface area contributed by atoms with Crippen LogP contribution in [0.25, 0.3) is 11.3 Å². The highest BCUT2D eigenvalue weighted by molar-refractivity contribution is 5.69. The van der Waals surface area contributed by atoms with Crippen molar-refractivity contribution in [2.75, 3.05) is 5.32 Å². The number of nitrogens with zero attached hydrogens (tertiary/aromatic N) is 3. The average Bonchev–Trinajstić information content (AvgIpc) is 2.91. The predicted molar refractivity (Wildman–Crippen MR) is 71.4 cm³/mol. The van der Waals surface area contributed by atoms with E-state index in [1.165, 1.54) is 0 Å². The molecule has 3 rings (SSSR count). The van der Waals surface area contributed by atoms with Crippen LogP contribution in [0.15, 0.2) is 24.4 Å². The van der Waals surface area contributed by atoms with Crippen molar-refractivity contribution in [3.8, 4) is 0 Å². The van der Waals surface area contributed by atoms with E-state index >= 15 is 0 Å². The molecular weight excluding hydrogens is 359 g/mol. The number of hydrogen-bond acceptors (Lipinski definition) is 4. The van der Waals surface area contributed by atoms with E-state index in [-0.39, 0.29) is 11.5 Å². The highest BCUT2D eigenvalue weighted by Gasteiger charge is 2.36. The van der Waals surface area contributed by atoms with E-state index in [4.69, 9.17) is 0 Å². The first-order valence-electron chi connectivity index (χ1n) is 6.48. The predicted octanol–water partition coefficient (Wildman–Crippen LogP) is 4.27. The first-order chi connectivity index (χ1) is 11.6. The average molecular weight is 365 g/mol. The zero-order chi connectivity index (χ0) is 18.4. The highest BCUT2D eigenvalue weighted by atomic mass is 19.4. The normalized spacial score (nSPS) is 12.6. The van der Waals surface area contributed by atoms with E-state index < -0.39 is 40.9 Å². The third-order valence-corrected chi connectivity index (χ3v) is 3.04. The van der Waals surface area contributed by atoms with Gasteiger partial charge in [0.2, 0.25) is 5.82 Å². The molecule has 0 radical (unpaired) electrons. The molecule has 0 fully saturated rings. The lowest BCUT2D eigenvalue weighted by atomic mass is 10.1. The maximum atomic E-state index is 13.9. The number of H-pyrrole nitrogens is 1. The minimum Gasteiger partial charge on any atom is -0.336 e. The molecule has 0 unspecified atom stereocenters. The van der Waals surface area contributed by atoms with Crippen LogP contribution in [-0.2, 0) is 12.4 Å². The Morgan fingerprint density at radius 2 is 1.68 bits per heavy atom. The quantitative estimate of drug-likeness (QED) is 0.666. The number of aromatic amines is 1. The Bertz CT molecular complexity index is 929. The van der Waals surface area contributed by atoms with Gasteiger partial charge in [-0.3, -0.25) is 0 Å². The number of aromatic nitrogens is 4. The Kier molecular flexibility index (Phi) is 3.77. The van der Waals surface area contributed by atoms with Crippen LogP contribution in [-0.4, -0.2) is 19.9 Å². The molecule has 0 saturated carbocycles. The molecule has 2 N–H and O–H groups in total. The van der Waals surface area contributed by atoms with Gasteiger partial charge in [-0.1, -0.05) is 6.07 Å². The molecular formula is C13H6F7N5. The van der Waals surface area contributed by atoms with Crippen molar-refractivity contribution in [2.45, 2.75) is 12.4 Å². The second-order valence-corrected chi connectivity index (χ2v) is 4.80. The molecule has 1 aromatic carbocycles. The second kappa shape index (κ2) is 5.57. The number of benzene rings is 1. The molecule has 132 valence electrons. The molecule has 12 heteroatoms. The van der Waals surface area contributed by atoms with Gasteiger partial charge in [0.05, 0.1) is 17.4 Å². The summed E-state index contributed by atoms with van der Waals surface area (Å²) in [5.74, 6) is -3.18. The molecule has 0 saturated heterocycles. The summed E-state index contributed by atoms with van der Waals surface area (Å²) in [5, 5.41) is 2.24. The summed E-state index contributed by atoms with van der Waals surface area (Å²) in [6, 6.07) is 2.54. The Labute approximate surface area is 133 Å². The number of anilines is 2. The van der Waals surface area contributed by atoms with Crippen LogP contribution in [0.3, 0.4) is 0 Å². The maximum absolute atomic E-state index is 13.9. The van der Waals surface area contributed by atoms with Crippen molar-refractivity contribution in [1.82, 2.24) is 19.9 Å².